The van der Waals surface area contributed by atoms with Crippen molar-refractivity contribution < 1.29 is 0 Å². The molecule has 1 fully saturated rings. The average Bonchev–Trinajstić information content (AvgIpc) is 2.75. The van der Waals surface area contributed by atoms with Gasteiger partial charge < -0.3 is 4.90 Å². The summed E-state index contributed by atoms with van der Waals surface area (Å²) in [6.07, 6.45) is 5.53. The summed E-state index contributed by atoms with van der Waals surface area (Å²) < 4.78 is 0. The monoisotopic (exact) mass is 238 g/mol. The van der Waals surface area contributed by atoms with Crippen LogP contribution in [-0.4, -0.2) is 18.1 Å². The molecular formula is C13H19ClN2. The first kappa shape index (κ1) is 11.7. The number of nitrogens with zero attached hydrogens (tertiary/aromatic N) is 2. The number of pyridine rings is 1. The molecule has 0 atom stereocenters. The molecule has 2 nitrogen and oxygen atoms in total. The van der Waals surface area contributed by atoms with Crippen LogP contribution in [0, 0.1) is 5.41 Å². The van der Waals surface area contributed by atoms with Crippen molar-refractivity contribution in [3.63, 3.8) is 0 Å². The van der Waals surface area contributed by atoms with Gasteiger partial charge in [-0.2, -0.15) is 0 Å². The van der Waals surface area contributed by atoms with Crippen molar-refractivity contribution in [2.45, 2.75) is 33.1 Å². The number of aromatic nitrogens is 1. The van der Waals surface area contributed by atoms with E-state index in [-0.39, 0.29) is 0 Å². The third kappa shape index (κ3) is 2.17. The van der Waals surface area contributed by atoms with Crippen molar-refractivity contribution in [3.05, 3.63) is 23.4 Å². The van der Waals surface area contributed by atoms with Gasteiger partial charge in [0.1, 0.15) is 5.82 Å². The van der Waals surface area contributed by atoms with Crippen molar-refractivity contribution in [2.75, 3.05) is 18.0 Å². The summed E-state index contributed by atoms with van der Waals surface area (Å²) in [7, 11) is 0. The molecule has 0 radical (unpaired) electrons. The van der Waals surface area contributed by atoms with Crippen molar-refractivity contribution >= 4 is 17.4 Å². The predicted octanol–water partition coefficient (Wildman–Crippen LogP) is 3.75. The normalized spacial score (nSPS) is 19.1. The Bertz CT molecular complexity index is 343. The van der Waals surface area contributed by atoms with E-state index in [1.165, 1.54) is 19.3 Å². The number of hydrogen-bond donors (Lipinski definition) is 0. The Morgan fingerprint density at radius 3 is 2.62 bits per heavy atom. The van der Waals surface area contributed by atoms with E-state index in [0.29, 0.717) is 10.4 Å². The maximum atomic E-state index is 5.85. The molecular weight excluding hydrogens is 220 g/mol. The van der Waals surface area contributed by atoms with Crippen LogP contribution in [0.3, 0.4) is 0 Å². The second kappa shape index (κ2) is 4.62. The average molecular weight is 239 g/mol. The molecule has 3 heteroatoms. The minimum Gasteiger partial charge on any atom is -0.356 e. The molecule has 0 unspecified atom stereocenters. The van der Waals surface area contributed by atoms with Gasteiger partial charge >= 0.3 is 0 Å². The molecule has 16 heavy (non-hydrogen) atoms. The molecule has 0 aromatic carbocycles. The third-order valence-electron chi connectivity index (χ3n) is 3.97. The van der Waals surface area contributed by atoms with Gasteiger partial charge in [-0.25, -0.2) is 4.98 Å². The Balaban J connectivity index is 2.11. The van der Waals surface area contributed by atoms with Crippen LogP contribution in [0.5, 0.6) is 0 Å². The third-order valence-corrected chi connectivity index (χ3v) is 4.20. The lowest BCUT2D eigenvalue weighted by Gasteiger charge is -2.26. The van der Waals surface area contributed by atoms with E-state index in [0.717, 1.165) is 18.9 Å². The van der Waals surface area contributed by atoms with Gasteiger partial charge in [0.15, 0.2) is 0 Å². The molecule has 1 aromatic rings. The van der Waals surface area contributed by atoms with E-state index >= 15 is 0 Å². The molecule has 0 amide bonds. The Kier molecular flexibility index (Phi) is 3.38. The second-order valence-corrected chi connectivity index (χ2v) is 5.15. The van der Waals surface area contributed by atoms with Gasteiger partial charge in [0.05, 0.1) is 5.02 Å². The van der Waals surface area contributed by atoms with Gasteiger partial charge in [-0.15, -0.1) is 0 Å². The standard InChI is InChI=1S/C13H19ClN2/c1-3-13(4-2)7-8-16(10-13)12-6-5-11(14)9-15-12/h5-6,9H,3-4,7-8,10H2,1-2H3. The molecule has 2 heterocycles. The van der Waals surface area contributed by atoms with Crippen LogP contribution >= 0.6 is 11.6 Å². The minimum absolute atomic E-state index is 0.501. The van der Waals surface area contributed by atoms with Crippen LogP contribution in [0.25, 0.3) is 0 Å². The number of rotatable bonds is 3. The second-order valence-electron chi connectivity index (χ2n) is 4.71. The Morgan fingerprint density at radius 2 is 2.12 bits per heavy atom. The molecule has 0 saturated carbocycles. The van der Waals surface area contributed by atoms with Gasteiger partial charge in [-0.1, -0.05) is 25.4 Å². The van der Waals surface area contributed by atoms with Gasteiger partial charge in [-0.3, -0.25) is 0 Å². The lowest BCUT2D eigenvalue weighted by atomic mass is 9.82. The summed E-state index contributed by atoms with van der Waals surface area (Å²) in [4.78, 5) is 6.77. The fourth-order valence-electron chi connectivity index (χ4n) is 2.51. The van der Waals surface area contributed by atoms with Gasteiger partial charge in [0, 0.05) is 19.3 Å². The number of anilines is 1. The van der Waals surface area contributed by atoms with Gasteiger partial charge in [0.25, 0.3) is 0 Å². The molecule has 1 aromatic heterocycles. The highest BCUT2D eigenvalue weighted by atomic mass is 35.5. The summed E-state index contributed by atoms with van der Waals surface area (Å²) in [5.74, 6) is 1.06. The molecule has 0 bridgehead atoms. The van der Waals surface area contributed by atoms with Gasteiger partial charge in [-0.05, 0) is 36.8 Å². The zero-order valence-electron chi connectivity index (χ0n) is 10.0. The van der Waals surface area contributed by atoms with Crippen molar-refractivity contribution in [1.29, 1.82) is 0 Å². The topological polar surface area (TPSA) is 16.1 Å². The summed E-state index contributed by atoms with van der Waals surface area (Å²) in [5, 5.41) is 0.709. The van der Waals surface area contributed by atoms with E-state index < -0.39 is 0 Å². The van der Waals surface area contributed by atoms with Crippen LogP contribution in [0.1, 0.15) is 33.1 Å². The van der Waals surface area contributed by atoms with Crippen LogP contribution in [0.4, 0.5) is 5.82 Å². The Hall–Kier alpha value is -0.760. The van der Waals surface area contributed by atoms with E-state index in [9.17, 15) is 0 Å². The molecule has 0 spiro atoms. The predicted molar refractivity (Wildman–Crippen MR) is 69.1 cm³/mol. The zero-order chi connectivity index (χ0) is 11.6. The molecule has 88 valence electrons. The highest BCUT2D eigenvalue weighted by Crippen LogP contribution is 2.38. The Labute approximate surface area is 103 Å². The molecule has 0 aliphatic carbocycles. The maximum absolute atomic E-state index is 5.85. The molecule has 1 saturated heterocycles. The smallest absolute Gasteiger partial charge is 0.128 e. The largest absolute Gasteiger partial charge is 0.356 e. The Morgan fingerprint density at radius 1 is 1.38 bits per heavy atom. The van der Waals surface area contributed by atoms with E-state index in [1.54, 1.807) is 6.20 Å². The van der Waals surface area contributed by atoms with Crippen LogP contribution in [0.15, 0.2) is 18.3 Å². The fourth-order valence-corrected chi connectivity index (χ4v) is 2.62. The fraction of sp³-hybridized carbons (Fsp3) is 0.615. The highest BCUT2D eigenvalue weighted by Gasteiger charge is 2.35. The zero-order valence-corrected chi connectivity index (χ0v) is 10.8. The summed E-state index contributed by atoms with van der Waals surface area (Å²) in [5.41, 5.74) is 0.501. The van der Waals surface area contributed by atoms with Crippen molar-refractivity contribution in [1.82, 2.24) is 4.98 Å². The first-order valence-electron chi connectivity index (χ1n) is 6.05. The highest BCUT2D eigenvalue weighted by molar-refractivity contribution is 6.30. The summed E-state index contributed by atoms with van der Waals surface area (Å²) >= 11 is 5.85. The summed E-state index contributed by atoms with van der Waals surface area (Å²) in [6.45, 7) is 6.84. The SMILES string of the molecule is CCC1(CC)CCN(c2ccc(Cl)cn2)C1. The minimum atomic E-state index is 0.501. The van der Waals surface area contributed by atoms with Crippen LogP contribution in [0.2, 0.25) is 5.02 Å². The molecule has 1 aliphatic rings. The number of halogens is 1. The molecule has 2 rings (SSSR count). The first-order valence-corrected chi connectivity index (χ1v) is 6.43. The van der Waals surface area contributed by atoms with Crippen molar-refractivity contribution in [3.8, 4) is 0 Å². The first-order chi connectivity index (χ1) is 7.69. The van der Waals surface area contributed by atoms with Crippen molar-refractivity contribution in [2.24, 2.45) is 5.41 Å². The van der Waals surface area contributed by atoms with Gasteiger partial charge in [0.2, 0.25) is 0 Å². The number of hydrogen-bond acceptors (Lipinski definition) is 2. The van der Waals surface area contributed by atoms with E-state index in [2.05, 4.69) is 23.7 Å². The van der Waals surface area contributed by atoms with Crippen LogP contribution < -0.4 is 4.90 Å². The lowest BCUT2D eigenvalue weighted by Crippen LogP contribution is -2.26. The van der Waals surface area contributed by atoms with E-state index in [1.807, 2.05) is 12.1 Å². The molecule has 0 N–H and O–H groups in total. The maximum Gasteiger partial charge on any atom is 0.128 e. The molecule has 1 aliphatic heterocycles. The van der Waals surface area contributed by atoms with Crippen LogP contribution in [-0.2, 0) is 0 Å². The van der Waals surface area contributed by atoms with E-state index in [4.69, 9.17) is 11.6 Å². The summed E-state index contributed by atoms with van der Waals surface area (Å²) in [6, 6.07) is 3.94. The quantitative estimate of drug-likeness (QED) is 0.797. The lowest BCUT2D eigenvalue weighted by molar-refractivity contribution is 0.301.